The van der Waals surface area contributed by atoms with E-state index in [4.69, 9.17) is 28.8 Å². The molecular formula is C45H55FN6O10. The van der Waals surface area contributed by atoms with Crippen molar-refractivity contribution in [1.82, 2.24) is 24.4 Å². The summed E-state index contributed by atoms with van der Waals surface area (Å²) < 4.78 is 48.4. The van der Waals surface area contributed by atoms with Crippen molar-refractivity contribution in [3.8, 4) is 11.5 Å². The highest BCUT2D eigenvalue weighted by atomic mass is 19.1. The first-order valence-corrected chi connectivity index (χ1v) is 20.5. The van der Waals surface area contributed by atoms with Gasteiger partial charge >= 0.3 is 11.9 Å². The van der Waals surface area contributed by atoms with Crippen LogP contribution in [0.4, 0.5) is 10.3 Å². The Bertz CT molecular complexity index is 2250. The highest BCUT2D eigenvalue weighted by molar-refractivity contribution is 5.91. The maximum absolute atomic E-state index is 17.5. The minimum atomic E-state index is -2.02. The van der Waals surface area contributed by atoms with Gasteiger partial charge in [0.05, 0.1) is 33.4 Å². The number of H-pyrrole nitrogens is 1. The summed E-state index contributed by atoms with van der Waals surface area (Å²) in [5, 5.41) is 11.6. The molecule has 0 unspecified atom stereocenters. The fourth-order valence-corrected chi connectivity index (χ4v) is 6.99. The van der Waals surface area contributed by atoms with Crippen LogP contribution >= 0.6 is 0 Å². The van der Waals surface area contributed by atoms with E-state index < -0.39 is 79.0 Å². The lowest BCUT2D eigenvalue weighted by Crippen LogP contribution is -2.44. The van der Waals surface area contributed by atoms with Crippen LogP contribution in [0.5, 0.6) is 11.5 Å². The number of benzene rings is 3. The summed E-state index contributed by atoms with van der Waals surface area (Å²) in [6.45, 7) is 12.9. The van der Waals surface area contributed by atoms with Crippen molar-refractivity contribution in [3.05, 3.63) is 112 Å². The first-order chi connectivity index (χ1) is 29.8. The van der Waals surface area contributed by atoms with Crippen molar-refractivity contribution in [2.75, 3.05) is 45.8 Å². The summed E-state index contributed by atoms with van der Waals surface area (Å²) in [5.41, 5.74) is -0.657. The molecule has 0 spiro atoms. The predicted molar refractivity (Wildman–Crippen MR) is 229 cm³/mol. The number of carbonyl (C=O) groups is 3. The summed E-state index contributed by atoms with van der Waals surface area (Å²) in [6, 6.07) is 23.3. The molecule has 3 N–H and O–H groups in total. The minimum absolute atomic E-state index is 0.0899. The van der Waals surface area contributed by atoms with Gasteiger partial charge in [0.2, 0.25) is 11.9 Å². The highest BCUT2D eigenvalue weighted by Gasteiger charge is 2.53. The molecule has 3 heterocycles. The molecule has 6 rings (SSSR count). The van der Waals surface area contributed by atoms with Gasteiger partial charge in [0.25, 0.3) is 5.56 Å². The molecule has 1 fully saturated rings. The number of imidazole rings is 1. The molecule has 0 radical (unpaired) electrons. The molecule has 5 aromatic rings. The van der Waals surface area contributed by atoms with Crippen LogP contribution in [0.25, 0.3) is 11.2 Å². The summed E-state index contributed by atoms with van der Waals surface area (Å²) >= 11 is 0. The van der Waals surface area contributed by atoms with Gasteiger partial charge in [0.15, 0.2) is 23.6 Å². The quantitative estimate of drug-likeness (QED) is 0.0676. The zero-order valence-electron chi connectivity index (χ0n) is 36.0. The smallest absolute Gasteiger partial charge is 0.306 e. The molecule has 1 saturated heterocycles. The van der Waals surface area contributed by atoms with Crippen molar-refractivity contribution in [1.29, 1.82) is 0 Å². The molecule has 2 aromatic heterocycles. The first kappa shape index (κ1) is 46.9. The Balaban J connectivity index is 0.000000955. The van der Waals surface area contributed by atoms with Crippen molar-refractivity contribution in [2.45, 2.75) is 77.7 Å². The number of carboxylic acids is 1. The Kier molecular flexibility index (Phi) is 16.3. The van der Waals surface area contributed by atoms with Crippen molar-refractivity contribution in [2.24, 2.45) is 5.92 Å². The van der Waals surface area contributed by atoms with Crippen LogP contribution < -0.4 is 20.3 Å². The normalized spacial score (nSPS) is 17.4. The van der Waals surface area contributed by atoms with Gasteiger partial charge in [-0.15, -0.1) is 0 Å². The third kappa shape index (κ3) is 10.8. The number of rotatable bonds is 18. The maximum Gasteiger partial charge on any atom is 0.306 e. The molecule has 3 aromatic carbocycles. The number of nitrogens with zero attached hydrogens (tertiary/aromatic N) is 4. The number of carboxylic acid groups (broad SMARTS) is 1. The average Bonchev–Trinajstić information content (AvgIpc) is 3.84. The van der Waals surface area contributed by atoms with Crippen molar-refractivity contribution >= 4 is 35.0 Å². The second-order valence-electron chi connectivity index (χ2n) is 14.7. The Morgan fingerprint density at radius 1 is 0.903 bits per heavy atom. The average molecular weight is 859 g/mol. The second kappa shape index (κ2) is 21.6. The van der Waals surface area contributed by atoms with Gasteiger partial charge < -0.3 is 33.7 Å². The Morgan fingerprint density at radius 3 is 1.97 bits per heavy atom. The number of methoxy groups -OCH3 is 2. The van der Waals surface area contributed by atoms with E-state index in [1.165, 1.54) is 44.7 Å². The van der Waals surface area contributed by atoms with Crippen LogP contribution in [0.2, 0.25) is 0 Å². The van der Waals surface area contributed by atoms with Gasteiger partial charge in [-0.1, -0.05) is 89.2 Å². The van der Waals surface area contributed by atoms with Gasteiger partial charge in [0.1, 0.15) is 35.9 Å². The summed E-state index contributed by atoms with van der Waals surface area (Å²) in [7, 11) is 3.07. The Hall–Kier alpha value is -6.17. The summed E-state index contributed by atoms with van der Waals surface area (Å²) in [4.78, 5) is 62.7. The molecule has 0 saturated carbocycles. The van der Waals surface area contributed by atoms with E-state index in [1.807, 2.05) is 30.3 Å². The lowest BCUT2D eigenvalue weighted by atomic mass is 9.79. The lowest BCUT2D eigenvalue weighted by molar-refractivity contribution is -0.156. The molecule has 4 atom stereocenters. The zero-order valence-corrected chi connectivity index (χ0v) is 36.0. The third-order valence-electron chi connectivity index (χ3n) is 10.5. The van der Waals surface area contributed by atoms with Gasteiger partial charge in [0, 0.05) is 5.92 Å². The van der Waals surface area contributed by atoms with Crippen LogP contribution in [-0.4, -0.2) is 106 Å². The number of aromatic nitrogens is 4. The second-order valence-corrected chi connectivity index (χ2v) is 14.7. The molecule has 1 aliphatic rings. The fraction of sp³-hybridized carbons (Fsp3) is 0.422. The summed E-state index contributed by atoms with van der Waals surface area (Å²) in [6.07, 6.45) is -6.02. The van der Waals surface area contributed by atoms with Crippen molar-refractivity contribution < 1.29 is 47.6 Å². The van der Waals surface area contributed by atoms with E-state index in [2.05, 4.69) is 45.9 Å². The monoisotopic (exact) mass is 858 g/mol. The van der Waals surface area contributed by atoms with Gasteiger partial charge in [-0.3, -0.25) is 34.0 Å². The predicted octanol–water partition coefficient (Wildman–Crippen LogP) is 6.10. The van der Waals surface area contributed by atoms with Gasteiger partial charge in [-0.05, 0) is 60.6 Å². The van der Waals surface area contributed by atoms with Gasteiger partial charge in [-0.2, -0.15) is 4.98 Å². The number of hydrogen-bond acceptors (Lipinski definition) is 12. The minimum Gasteiger partial charge on any atom is -0.497 e. The number of ether oxygens (including phenoxy) is 5. The van der Waals surface area contributed by atoms with E-state index in [-0.39, 0.29) is 17.1 Å². The Labute approximate surface area is 359 Å². The molecule has 0 bridgehead atoms. The van der Waals surface area contributed by atoms with E-state index in [0.717, 1.165) is 0 Å². The number of anilines is 1. The van der Waals surface area contributed by atoms with Crippen molar-refractivity contribution in [3.63, 3.8) is 0 Å². The summed E-state index contributed by atoms with van der Waals surface area (Å²) in [5.74, 6) is -1.92. The maximum atomic E-state index is 17.5. The molecule has 17 heteroatoms. The third-order valence-corrected chi connectivity index (χ3v) is 10.5. The number of carbonyl (C=O) groups excluding carboxylic acids is 2. The van der Waals surface area contributed by atoms with Crippen LogP contribution in [-0.2, 0) is 34.2 Å². The number of aliphatic carboxylic acids is 1. The number of nitrogens with one attached hydrogen (secondary N) is 2. The van der Waals surface area contributed by atoms with Crippen LogP contribution in [0.3, 0.4) is 0 Å². The number of fused-ring (bicyclic) bond motifs is 1. The van der Waals surface area contributed by atoms with E-state index in [1.54, 1.807) is 62.4 Å². The number of amides is 1. The highest BCUT2D eigenvalue weighted by Crippen LogP contribution is 2.46. The topological polar surface area (TPSA) is 196 Å². The number of alkyl halides is 1. The van der Waals surface area contributed by atoms with E-state index in [9.17, 15) is 19.2 Å². The molecule has 1 amide bonds. The number of halogens is 1. The molecule has 0 aliphatic carbocycles. The standard InChI is InChI=1S/C39H40FN5O10.C6H15N/c1-22(2)35(49)43-38-42-34-32(36(50)44-38)41-21-45(34)37-31(40)33(28(54-37)20-53-30(48)19-18-29(46)47)55-39(23-8-6-5-7-9-23,24-10-14-26(51-3)15-11-24)25-12-16-27(52-4)17-13-25;1-4-7(5-2)6-3/h5-17,21-22,28,31,33,37H,18-20H2,1-4H3,(H,46,47)(H2,42,43,44,49,50);4-6H2,1-3H3/t28-,31-,33-,37-;/m1./s1. The molecule has 332 valence electrons. The first-order valence-electron chi connectivity index (χ1n) is 20.5. The van der Waals surface area contributed by atoms with E-state index in [0.29, 0.717) is 28.2 Å². The largest absolute Gasteiger partial charge is 0.497 e. The van der Waals surface area contributed by atoms with Gasteiger partial charge in [-0.25, -0.2) is 9.37 Å². The fourth-order valence-electron chi connectivity index (χ4n) is 6.99. The SMILES string of the molecule is CCN(CC)CC.COc1ccc(C(O[C@H]2[C@@H](F)[C@H](n3cnc4c(=O)[nH]c(NC(=O)C(C)C)nc43)O[C@@H]2COC(=O)CCC(=O)O)(c2ccccc2)c2ccc(OC)cc2)cc1. The lowest BCUT2D eigenvalue weighted by Gasteiger charge is -2.39. The van der Waals surface area contributed by atoms with E-state index >= 15 is 4.39 Å². The van der Waals surface area contributed by atoms with Crippen LogP contribution in [0.15, 0.2) is 90.0 Å². The molecular weight excluding hydrogens is 804 g/mol. The zero-order chi connectivity index (χ0) is 45.0. The number of aromatic amines is 1. The Morgan fingerprint density at radius 2 is 1.47 bits per heavy atom. The number of hydrogen-bond donors (Lipinski definition) is 3. The molecule has 62 heavy (non-hydrogen) atoms. The van der Waals surface area contributed by atoms with Crippen LogP contribution in [0, 0.1) is 5.92 Å². The molecule has 1 aliphatic heterocycles. The van der Waals surface area contributed by atoms with Crippen LogP contribution in [0.1, 0.15) is 70.4 Å². The number of esters is 1. The molecule has 16 nitrogen and oxygen atoms in total.